The number of halogens is 1. The second kappa shape index (κ2) is 7.07. The molecule has 0 aliphatic rings. The van der Waals surface area contributed by atoms with Crippen LogP contribution in [0.5, 0.6) is 0 Å². The summed E-state index contributed by atoms with van der Waals surface area (Å²) in [6.07, 6.45) is 4.57. The van der Waals surface area contributed by atoms with Gasteiger partial charge in [-0.3, -0.25) is 0 Å². The Morgan fingerprint density at radius 2 is 2.21 bits per heavy atom. The van der Waals surface area contributed by atoms with E-state index in [1.165, 1.54) is 0 Å². The first kappa shape index (κ1) is 16.2. The average Bonchev–Trinajstić information content (AvgIpc) is 2.61. The monoisotopic (exact) mass is 345 g/mol. The minimum atomic E-state index is -1.07. The van der Waals surface area contributed by atoms with E-state index in [1.807, 2.05) is 16.8 Å². The van der Waals surface area contributed by atoms with Crippen molar-refractivity contribution in [1.82, 2.24) is 4.57 Å². The Morgan fingerprint density at radius 3 is 2.79 bits per heavy atom. The molecule has 0 aliphatic carbocycles. The SMILES string of the molecule is C[Si](C)(C)CCOCn1cc(Br)cc1/C=C/C(=O)O. The highest BCUT2D eigenvalue weighted by Crippen LogP contribution is 2.17. The highest BCUT2D eigenvalue weighted by atomic mass is 79.9. The Labute approximate surface area is 123 Å². The lowest BCUT2D eigenvalue weighted by Gasteiger charge is -2.16. The standard InChI is InChI=1S/C13H20BrNO3Si/c1-19(2,3)7-6-18-10-15-9-11(14)8-12(15)4-5-13(16)17/h4-5,8-9H,6-7,10H2,1-3H3,(H,16,17)/b5-4+. The summed E-state index contributed by atoms with van der Waals surface area (Å²) in [7, 11) is -1.07. The minimum Gasteiger partial charge on any atom is -0.478 e. The maximum absolute atomic E-state index is 10.5. The molecule has 0 aliphatic heterocycles. The van der Waals surface area contributed by atoms with Crippen molar-refractivity contribution < 1.29 is 14.6 Å². The van der Waals surface area contributed by atoms with E-state index >= 15 is 0 Å². The highest BCUT2D eigenvalue weighted by molar-refractivity contribution is 9.10. The van der Waals surface area contributed by atoms with E-state index in [1.54, 1.807) is 6.08 Å². The van der Waals surface area contributed by atoms with Crippen LogP contribution < -0.4 is 0 Å². The molecule has 0 fully saturated rings. The number of carboxylic acids is 1. The molecule has 6 heteroatoms. The number of carboxylic acid groups (broad SMARTS) is 1. The minimum absolute atomic E-state index is 0.440. The van der Waals surface area contributed by atoms with Gasteiger partial charge in [-0.1, -0.05) is 19.6 Å². The molecule has 0 saturated heterocycles. The molecule has 1 aromatic heterocycles. The van der Waals surface area contributed by atoms with Crippen molar-refractivity contribution in [2.75, 3.05) is 6.61 Å². The van der Waals surface area contributed by atoms with Crippen molar-refractivity contribution in [2.24, 2.45) is 0 Å². The normalized spacial score (nSPS) is 12.2. The van der Waals surface area contributed by atoms with Gasteiger partial charge in [0.25, 0.3) is 0 Å². The van der Waals surface area contributed by atoms with E-state index in [9.17, 15) is 4.79 Å². The molecule has 0 atom stereocenters. The van der Waals surface area contributed by atoms with E-state index in [2.05, 4.69) is 35.6 Å². The van der Waals surface area contributed by atoms with Crippen LogP contribution in [0, 0.1) is 0 Å². The van der Waals surface area contributed by atoms with E-state index in [-0.39, 0.29) is 0 Å². The molecule has 106 valence electrons. The Hall–Kier alpha value is -0.853. The van der Waals surface area contributed by atoms with E-state index in [0.29, 0.717) is 6.73 Å². The molecular formula is C13H20BrNO3Si. The van der Waals surface area contributed by atoms with Gasteiger partial charge in [0, 0.05) is 37.1 Å². The largest absolute Gasteiger partial charge is 0.478 e. The van der Waals surface area contributed by atoms with E-state index in [4.69, 9.17) is 9.84 Å². The van der Waals surface area contributed by atoms with Crippen LogP contribution in [-0.4, -0.2) is 30.3 Å². The van der Waals surface area contributed by atoms with Gasteiger partial charge in [-0.2, -0.15) is 0 Å². The Kier molecular flexibility index (Phi) is 6.03. The topological polar surface area (TPSA) is 51.5 Å². The molecular weight excluding hydrogens is 326 g/mol. The van der Waals surface area contributed by atoms with Crippen molar-refractivity contribution in [3.8, 4) is 0 Å². The number of nitrogens with zero attached hydrogens (tertiary/aromatic N) is 1. The first-order valence-electron chi connectivity index (χ1n) is 6.12. The fourth-order valence-corrected chi connectivity index (χ4v) is 2.68. The van der Waals surface area contributed by atoms with Gasteiger partial charge in [-0.05, 0) is 34.1 Å². The molecule has 0 aromatic carbocycles. The first-order chi connectivity index (χ1) is 8.78. The zero-order valence-corrected chi connectivity index (χ0v) is 14.1. The summed E-state index contributed by atoms with van der Waals surface area (Å²) in [5.74, 6) is -0.955. The van der Waals surface area contributed by atoms with Gasteiger partial charge in [0.05, 0.1) is 0 Å². The maximum atomic E-state index is 10.5. The van der Waals surface area contributed by atoms with Gasteiger partial charge in [0.1, 0.15) is 6.73 Å². The molecule has 1 heterocycles. The zero-order chi connectivity index (χ0) is 14.5. The smallest absolute Gasteiger partial charge is 0.328 e. The molecule has 1 aromatic rings. The molecule has 0 unspecified atom stereocenters. The molecule has 1 N–H and O–H groups in total. The van der Waals surface area contributed by atoms with E-state index < -0.39 is 14.0 Å². The van der Waals surface area contributed by atoms with Crippen LogP contribution in [-0.2, 0) is 16.3 Å². The lowest BCUT2D eigenvalue weighted by Crippen LogP contribution is -2.22. The molecule has 0 saturated carbocycles. The third-order valence-corrected chi connectivity index (χ3v) is 4.66. The van der Waals surface area contributed by atoms with Crippen LogP contribution in [0.15, 0.2) is 22.8 Å². The summed E-state index contributed by atoms with van der Waals surface area (Å²) in [5, 5.41) is 8.64. The average molecular weight is 346 g/mol. The third-order valence-electron chi connectivity index (χ3n) is 2.52. The number of aliphatic carboxylic acids is 1. The number of hydrogen-bond donors (Lipinski definition) is 1. The van der Waals surface area contributed by atoms with Gasteiger partial charge in [0.2, 0.25) is 0 Å². The highest BCUT2D eigenvalue weighted by Gasteiger charge is 2.12. The third kappa shape index (κ3) is 6.75. The van der Waals surface area contributed by atoms with Gasteiger partial charge in [-0.15, -0.1) is 0 Å². The molecule has 1 rings (SSSR count). The quantitative estimate of drug-likeness (QED) is 0.466. The molecule has 0 radical (unpaired) electrons. The second-order valence-electron chi connectivity index (χ2n) is 5.57. The van der Waals surface area contributed by atoms with Crippen LogP contribution in [0.3, 0.4) is 0 Å². The first-order valence-corrected chi connectivity index (χ1v) is 10.6. The molecule has 0 bridgehead atoms. The Balaban J connectivity index is 2.56. The summed E-state index contributed by atoms with van der Waals surface area (Å²) in [6.45, 7) is 8.11. The predicted octanol–water partition coefficient (Wildman–Crippen LogP) is 3.66. The number of carbonyl (C=O) groups is 1. The fourth-order valence-electron chi connectivity index (χ4n) is 1.44. The van der Waals surface area contributed by atoms with Gasteiger partial charge in [-0.25, -0.2) is 4.79 Å². The number of rotatable bonds is 7. The molecule has 4 nitrogen and oxygen atoms in total. The summed E-state index contributed by atoms with van der Waals surface area (Å²) < 4.78 is 8.44. The lowest BCUT2D eigenvalue weighted by atomic mass is 10.4. The maximum Gasteiger partial charge on any atom is 0.328 e. The molecule has 0 amide bonds. The predicted molar refractivity (Wildman–Crippen MR) is 82.9 cm³/mol. The molecule has 0 spiro atoms. The van der Waals surface area contributed by atoms with Gasteiger partial charge >= 0.3 is 5.97 Å². The summed E-state index contributed by atoms with van der Waals surface area (Å²) in [6, 6.07) is 2.98. The van der Waals surface area contributed by atoms with Crippen molar-refractivity contribution in [1.29, 1.82) is 0 Å². The molecule has 19 heavy (non-hydrogen) atoms. The van der Waals surface area contributed by atoms with Crippen molar-refractivity contribution in [3.63, 3.8) is 0 Å². The van der Waals surface area contributed by atoms with Crippen molar-refractivity contribution in [2.45, 2.75) is 32.4 Å². The summed E-state index contributed by atoms with van der Waals surface area (Å²) in [5.41, 5.74) is 0.808. The Morgan fingerprint density at radius 1 is 1.53 bits per heavy atom. The number of ether oxygens (including phenoxy) is 1. The fraction of sp³-hybridized carbons (Fsp3) is 0.462. The number of hydrogen-bond acceptors (Lipinski definition) is 2. The van der Waals surface area contributed by atoms with Gasteiger partial charge < -0.3 is 14.4 Å². The van der Waals surface area contributed by atoms with Crippen molar-refractivity contribution in [3.05, 3.63) is 28.5 Å². The van der Waals surface area contributed by atoms with Crippen LogP contribution in [0.4, 0.5) is 0 Å². The van der Waals surface area contributed by atoms with Crippen LogP contribution >= 0.6 is 15.9 Å². The number of aromatic nitrogens is 1. The zero-order valence-electron chi connectivity index (χ0n) is 11.5. The van der Waals surface area contributed by atoms with Crippen molar-refractivity contribution >= 4 is 36.0 Å². The lowest BCUT2D eigenvalue weighted by molar-refractivity contribution is -0.131. The Bertz CT molecular complexity index is 463. The summed E-state index contributed by atoms with van der Waals surface area (Å²) >= 11 is 3.38. The second-order valence-corrected chi connectivity index (χ2v) is 12.1. The van der Waals surface area contributed by atoms with E-state index in [0.717, 1.165) is 28.9 Å². The van der Waals surface area contributed by atoms with Crippen LogP contribution in [0.2, 0.25) is 25.7 Å². The van der Waals surface area contributed by atoms with Crippen LogP contribution in [0.25, 0.3) is 6.08 Å². The van der Waals surface area contributed by atoms with Crippen LogP contribution in [0.1, 0.15) is 5.69 Å². The van der Waals surface area contributed by atoms with Gasteiger partial charge in [0.15, 0.2) is 0 Å². The summed E-state index contributed by atoms with van der Waals surface area (Å²) in [4.78, 5) is 10.5.